The second kappa shape index (κ2) is 10.5. The number of thiazole rings is 1. The van der Waals surface area contributed by atoms with Crippen LogP contribution < -0.4 is 4.74 Å². The monoisotopic (exact) mass is 585 g/mol. The van der Waals surface area contributed by atoms with Gasteiger partial charge in [0.1, 0.15) is 12.0 Å². The largest absolute Gasteiger partial charge is 0.447 e. The Bertz CT molecular complexity index is 1580. The minimum atomic E-state index is -0.921. The van der Waals surface area contributed by atoms with Crippen molar-refractivity contribution in [2.45, 2.75) is 39.2 Å². The average Bonchev–Trinajstić information content (AvgIpc) is 3.60. The van der Waals surface area contributed by atoms with E-state index in [4.69, 9.17) is 9.15 Å². The van der Waals surface area contributed by atoms with E-state index < -0.39 is 11.6 Å². The van der Waals surface area contributed by atoms with Gasteiger partial charge in [0.25, 0.3) is 5.19 Å². The van der Waals surface area contributed by atoms with Gasteiger partial charge in [-0.25, -0.2) is 18.7 Å². The van der Waals surface area contributed by atoms with Gasteiger partial charge in [0.05, 0.1) is 28.2 Å². The number of ketones is 1. The lowest BCUT2D eigenvalue weighted by Gasteiger charge is -2.14. The number of oxazole rings is 1. The van der Waals surface area contributed by atoms with Crippen LogP contribution in [0.4, 0.5) is 8.78 Å². The third-order valence-electron chi connectivity index (χ3n) is 5.96. The molecule has 6 nitrogen and oxygen atoms in total. The molecule has 37 heavy (non-hydrogen) atoms. The lowest BCUT2D eigenvalue weighted by Crippen LogP contribution is -2.11. The van der Waals surface area contributed by atoms with Crippen molar-refractivity contribution in [3.8, 4) is 10.9 Å². The Hall–Kier alpha value is -3.37. The van der Waals surface area contributed by atoms with Crippen molar-refractivity contribution in [2.75, 3.05) is 0 Å². The van der Waals surface area contributed by atoms with Crippen LogP contribution in [0.3, 0.4) is 0 Å². The molecule has 5 rings (SSSR count). The van der Waals surface area contributed by atoms with Crippen molar-refractivity contribution in [3.05, 3.63) is 93.2 Å². The molecule has 0 atom stereocenters. The molecule has 0 radical (unpaired) electrons. The second-order valence-electron chi connectivity index (χ2n) is 8.81. The fourth-order valence-electron chi connectivity index (χ4n) is 4.41. The van der Waals surface area contributed by atoms with Gasteiger partial charge in [-0.15, -0.1) is 0 Å². The van der Waals surface area contributed by atoms with Gasteiger partial charge in [-0.2, -0.15) is 0 Å². The molecule has 0 aliphatic rings. The Morgan fingerprint density at radius 3 is 2.68 bits per heavy atom. The first kappa shape index (κ1) is 25.3. The zero-order chi connectivity index (χ0) is 26.1. The highest BCUT2D eigenvalue weighted by Crippen LogP contribution is 2.37. The fourth-order valence-corrected chi connectivity index (χ4v) is 5.44. The van der Waals surface area contributed by atoms with Crippen molar-refractivity contribution in [3.63, 3.8) is 0 Å². The maximum Gasteiger partial charge on any atom is 0.279 e. The number of aryl methyl sites for hydroxylation is 1. The quantitative estimate of drug-likeness (QED) is 0.164. The number of carbonyl (C=O) groups excluding carboxylic acids is 1. The van der Waals surface area contributed by atoms with Crippen LogP contribution in [0.2, 0.25) is 0 Å². The highest BCUT2D eigenvalue weighted by atomic mass is 79.9. The summed E-state index contributed by atoms with van der Waals surface area (Å²) in [6, 6.07) is 9.28. The molecule has 10 heteroatoms. The number of ether oxygens (including phenoxy) is 1. The third kappa shape index (κ3) is 5.35. The summed E-state index contributed by atoms with van der Waals surface area (Å²) in [6.07, 6.45) is 5.20. The van der Waals surface area contributed by atoms with E-state index in [2.05, 4.69) is 25.9 Å². The smallest absolute Gasteiger partial charge is 0.279 e. The van der Waals surface area contributed by atoms with Crippen LogP contribution in [-0.4, -0.2) is 20.3 Å². The maximum absolute atomic E-state index is 13.7. The number of carbonyl (C=O) groups is 1. The van der Waals surface area contributed by atoms with Gasteiger partial charge in [-0.1, -0.05) is 31.3 Å². The Balaban J connectivity index is 1.56. The van der Waals surface area contributed by atoms with Crippen LogP contribution in [0.1, 0.15) is 53.7 Å². The summed E-state index contributed by atoms with van der Waals surface area (Å²) in [7, 11) is 0. The van der Waals surface area contributed by atoms with E-state index in [0.29, 0.717) is 40.9 Å². The standard InChI is InChI=1S/C27H22BrF2N3O3S/c1-15(2)26-25(22(34)8-4-16-3-7-19(29)20(30)11-16)18-6-5-17(36-27-32-13-23(28)37-27)12-21(18)33(26)14-24-31-9-10-35-24/h3,5-7,9-13,15H,4,8,14H2,1-2H3. The number of aromatic nitrogens is 3. The number of benzene rings is 2. The number of Topliss-reactive ketones (excluding diaryl/α,β-unsaturated/α-hetero) is 1. The maximum atomic E-state index is 13.7. The van der Waals surface area contributed by atoms with Crippen LogP contribution in [0, 0.1) is 11.6 Å². The highest BCUT2D eigenvalue weighted by molar-refractivity contribution is 9.11. The van der Waals surface area contributed by atoms with Gasteiger partial charge in [-0.05, 0) is 58.1 Å². The van der Waals surface area contributed by atoms with Gasteiger partial charge in [0, 0.05) is 29.1 Å². The van der Waals surface area contributed by atoms with E-state index in [-0.39, 0.29) is 18.1 Å². The summed E-state index contributed by atoms with van der Waals surface area (Å²) in [6.45, 7) is 4.38. The third-order valence-corrected chi connectivity index (χ3v) is 7.32. The molecule has 0 aliphatic carbocycles. The van der Waals surface area contributed by atoms with E-state index in [1.807, 2.05) is 36.6 Å². The van der Waals surface area contributed by atoms with Gasteiger partial charge >= 0.3 is 0 Å². The summed E-state index contributed by atoms with van der Waals surface area (Å²) in [5.74, 6) is -0.817. The molecule has 3 aromatic heterocycles. The highest BCUT2D eigenvalue weighted by Gasteiger charge is 2.25. The molecule has 0 saturated heterocycles. The molecule has 0 unspecified atom stereocenters. The van der Waals surface area contributed by atoms with Gasteiger partial charge in [0.15, 0.2) is 17.4 Å². The normalized spacial score (nSPS) is 11.5. The van der Waals surface area contributed by atoms with Crippen molar-refractivity contribution >= 4 is 44.0 Å². The molecule has 190 valence electrons. The topological polar surface area (TPSA) is 70.2 Å². The summed E-state index contributed by atoms with van der Waals surface area (Å²) < 4.78 is 41.4. The molecular weight excluding hydrogens is 564 g/mol. The van der Waals surface area contributed by atoms with Crippen molar-refractivity contribution in [1.29, 1.82) is 0 Å². The first-order chi connectivity index (χ1) is 17.8. The lowest BCUT2D eigenvalue weighted by molar-refractivity contribution is 0.0982. The average molecular weight is 586 g/mol. The second-order valence-corrected chi connectivity index (χ2v) is 11.2. The zero-order valence-corrected chi connectivity index (χ0v) is 22.4. The van der Waals surface area contributed by atoms with Gasteiger partial charge in [-0.3, -0.25) is 4.79 Å². The van der Waals surface area contributed by atoms with Crippen molar-refractivity contribution < 1.29 is 22.7 Å². The molecular formula is C27H22BrF2N3O3S. The summed E-state index contributed by atoms with van der Waals surface area (Å²) in [4.78, 5) is 22.1. The molecule has 2 aromatic carbocycles. The molecule has 0 aliphatic heterocycles. The van der Waals surface area contributed by atoms with Crippen LogP contribution >= 0.6 is 27.3 Å². The Morgan fingerprint density at radius 1 is 1.16 bits per heavy atom. The predicted octanol–water partition coefficient (Wildman–Crippen LogP) is 7.91. The number of nitrogens with zero attached hydrogens (tertiary/aromatic N) is 3. The van der Waals surface area contributed by atoms with E-state index in [1.165, 1.54) is 23.7 Å². The van der Waals surface area contributed by atoms with Crippen molar-refractivity contribution in [2.24, 2.45) is 0 Å². The van der Waals surface area contributed by atoms with Gasteiger partial charge < -0.3 is 13.7 Å². The predicted molar refractivity (Wildman–Crippen MR) is 141 cm³/mol. The van der Waals surface area contributed by atoms with Crippen LogP contribution in [0.5, 0.6) is 10.9 Å². The SMILES string of the molecule is CC(C)c1c(C(=O)CCc2ccc(F)c(F)c2)c2ccc(Oc3ncc(Br)s3)cc2n1Cc1ncco1. The first-order valence-corrected chi connectivity index (χ1v) is 13.2. The molecule has 0 bridgehead atoms. The Kier molecular flexibility index (Phi) is 7.21. The number of rotatable bonds is 9. The summed E-state index contributed by atoms with van der Waals surface area (Å²) in [5, 5.41) is 1.27. The van der Waals surface area contributed by atoms with Crippen LogP contribution in [0.25, 0.3) is 10.9 Å². The summed E-state index contributed by atoms with van der Waals surface area (Å²) >= 11 is 4.76. The first-order valence-electron chi connectivity index (χ1n) is 11.6. The molecule has 0 spiro atoms. The molecule has 0 saturated carbocycles. The minimum absolute atomic E-state index is 0.00358. The van der Waals surface area contributed by atoms with Crippen molar-refractivity contribution in [1.82, 2.24) is 14.5 Å². The van der Waals surface area contributed by atoms with Gasteiger partial charge in [0.2, 0.25) is 5.89 Å². The lowest BCUT2D eigenvalue weighted by atomic mass is 9.96. The van der Waals surface area contributed by atoms with E-state index in [1.54, 1.807) is 12.4 Å². The molecule has 0 N–H and O–H groups in total. The number of fused-ring (bicyclic) bond motifs is 1. The zero-order valence-electron chi connectivity index (χ0n) is 20.0. The number of hydrogen-bond donors (Lipinski definition) is 0. The van der Waals surface area contributed by atoms with E-state index >= 15 is 0 Å². The molecule has 3 heterocycles. The van der Waals surface area contributed by atoms with E-state index in [9.17, 15) is 13.6 Å². The molecule has 0 fully saturated rings. The minimum Gasteiger partial charge on any atom is -0.447 e. The fraction of sp³-hybridized carbons (Fsp3) is 0.222. The molecule has 0 amide bonds. The van der Waals surface area contributed by atoms with Crippen LogP contribution in [-0.2, 0) is 13.0 Å². The Labute approximate surface area is 224 Å². The summed E-state index contributed by atoms with van der Waals surface area (Å²) in [5.41, 5.74) is 2.80. The Morgan fingerprint density at radius 2 is 2.00 bits per heavy atom. The van der Waals surface area contributed by atoms with Crippen LogP contribution in [0.15, 0.2) is 63.3 Å². The number of hydrogen-bond acceptors (Lipinski definition) is 6. The molecule has 5 aromatic rings. The number of halogens is 3. The van der Waals surface area contributed by atoms with E-state index in [0.717, 1.165) is 32.5 Å².